The van der Waals surface area contributed by atoms with Crippen LogP contribution >= 0.6 is 0 Å². The quantitative estimate of drug-likeness (QED) is 0.746. The Labute approximate surface area is 134 Å². The van der Waals surface area contributed by atoms with Gasteiger partial charge in [-0.3, -0.25) is 0 Å². The molecule has 0 N–H and O–H groups in total. The molecule has 3 rings (SSSR count). The van der Waals surface area contributed by atoms with Gasteiger partial charge in [-0.2, -0.15) is 0 Å². The van der Waals surface area contributed by atoms with E-state index in [9.17, 15) is 0 Å². The largest absolute Gasteiger partial charge is 0.220 e. The lowest BCUT2D eigenvalue weighted by Gasteiger charge is -2.27. The van der Waals surface area contributed by atoms with E-state index < -0.39 is 0 Å². The minimum Gasteiger partial charge on any atom is -0.0959 e. The number of benzene rings is 2. The predicted octanol–water partition coefficient (Wildman–Crippen LogP) is 4.05. The number of allylic oxidation sites excluding steroid dienone is 5. The second-order valence-electron chi connectivity index (χ2n) is 6.09. The van der Waals surface area contributed by atoms with E-state index >= 15 is 0 Å². The lowest BCUT2D eigenvalue weighted by atomic mass is 9.31. The maximum Gasteiger partial charge on any atom is 0.220 e. The van der Waals surface area contributed by atoms with E-state index in [1.807, 2.05) is 0 Å². The second kappa shape index (κ2) is 6.23. The van der Waals surface area contributed by atoms with Gasteiger partial charge in [0.1, 0.15) is 0 Å². The van der Waals surface area contributed by atoms with Crippen LogP contribution in [0.25, 0.3) is 0 Å². The molecule has 0 fully saturated rings. The summed E-state index contributed by atoms with van der Waals surface area (Å²) in [5.41, 5.74) is 6.54. The molecule has 108 valence electrons. The van der Waals surface area contributed by atoms with Crippen LogP contribution in [0.15, 0.2) is 90.6 Å². The first-order valence-electron chi connectivity index (χ1n) is 7.82. The Morgan fingerprint density at radius 3 is 2.27 bits per heavy atom. The van der Waals surface area contributed by atoms with E-state index in [4.69, 9.17) is 0 Å². The van der Waals surface area contributed by atoms with Crippen LogP contribution in [0, 0.1) is 6.92 Å². The molecule has 1 aliphatic carbocycles. The zero-order valence-electron chi connectivity index (χ0n) is 13.3. The maximum atomic E-state index is 4.32. The molecule has 0 amide bonds. The Hall–Kier alpha value is -2.28. The van der Waals surface area contributed by atoms with Crippen LogP contribution in [0.1, 0.15) is 12.5 Å². The van der Waals surface area contributed by atoms with Gasteiger partial charge in [-0.1, -0.05) is 107 Å². The normalized spacial score (nSPS) is 17.3. The fourth-order valence-electron chi connectivity index (χ4n) is 3.32. The molecule has 0 radical (unpaired) electrons. The number of aryl methyl sites for hydroxylation is 1. The van der Waals surface area contributed by atoms with Crippen molar-refractivity contribution in [1.29, 1.82) is 0 Å². The van der Waals surface area contributed by atoms with E-state index in [2.05, 4.69) is 93.3 Å². The lowest BCUT2D eigenvalue weighted by Crippen LogP contribution is -2.47. The van der Waals surface area contributed by atoms with E-state index in [1.54, 1.807) is 0 Å². The topological polar surface area (TPSA) is 0 Å². The minimum atomic E-state index is 0.312. The molecular formula is C21H21B. The second-order valence-corrected chi connectivity index (χ2v) is 6.09. The van der Waals surface area contributed by atoms with Crippen molar-refractivity contribution in [2.24, 2.45) is 0 Å². The van der Waals surface area contributed by atoms with Crippen molar-refractivity contribution in [2.75, 3.05) is 0 Å². The molecule has 22 heavy (non-hydrogen) atoms. The molecule has 0 bridgehead atoms. The summed E-state index contributed by atoms with van der Waals surface area (Å²) in [4.78, 5) is 0. The molecule has 0 heterocycles. The van der Waals surface area contributed by atoms with Gasteiger partial charge in [-0.15, -0.1) is 0 Å². The van der Waals surface area contributed by atoms with E-state index in [0.717, 1.165) is 0 Å². The Morgan fingerprint density at radius 1 is 0.909 bits per heavy atom. The summed E-state index contributed by atoms with van der Waals surface area (Å²) in [6.07, 6.45) is 6.73. The molecular weight excluding hydrogens is 263 g/mol. The van der Waals surface area contributed by atoms with Crippen molar-refractivity contribution in [1.82, 2.24) is 0 Å². The van der Waals surface area contributed by atoms with Gasteiger partial charge in [-0.05, 0) is 19.7 Å². The molecule has 1 unspecified atom stereocenters. The third-order valence-corrected chi connectivity index (χ3v) is 4.45. The SMILES string of the molecule is C=C1C=C(C)C=CC1B(c1ccccc1)c1ccccc1C. The van der Waals surface area contributed by atoms with Crippen molar-refractivity contribution in [3.05, 3.63) is 96.1 Å². The first-order chi connectivity index (χ1) is 10.7. The molecule has 0 spiro atoms. The van der Waals surface area contributed by atoms with Crippen molar-refractivity contribution in [3.63, 3.8) is 0 Å². The molecule has 2 aromatic rings. The molecule has 0 aromatic heterocycles. The van der Waals surface area contributed by atoms with Crippen LogP contribution in [0.2, 0.25) is 5.82 Å². The summed E-state index contributed by atoms with van der Waals surface area (Å²) in [6.45, 7) is 8.96. The fraction of sp³-hybridized carbons (Fsp3) is 0.143. The highest BCUT2D eigenvalue weighted by atomic mass is 14.1. The molecule has 1 aliphatic rings. The zero-order chi connectivity index (χ0) is 15.5. The van der Waals surface area contributed by atoms with Crippen LogP contribution in [0.5, 0.6) is 0 Å². The Morgan fingerprint density at radius 2 is 1.59 bits per heavy atom. The van der Waals surface area contributed by atoms with E-state index in [-0.39, 0.29) is 0 Å². The van der Waals surface area contributed by atoms with Crippen LogP contribution < -0.4 is 10.9 Å². The standard InChI is InChI=1S/C21H21B/c1-16-13-14-21(18(3)15-16)22(19-10-5-4-6-11-19)20-12-8-7-9-17(20)2/h4-15,21H,3H2,1-2H3. The molecule has 0 nitrogen and oxygen atoms in total. The maximum absolute atomic E-state index is 4.32. The molecule has 0 saturated heterocycles. The lowest BCUT2D eigenvalue weighted by molar-refractivity contribution is 1.20. The molecule has 0 aliphatic heterocycles. The molecule has 2 aromatic carbocycles. The van der Waals surface area contributed by atoms with Gasteiger partial charge >= 0.3 is 0 Å². The Balaban J connectivity index is 2.11. The number of hydrogen-bond acceptors (Lipinski definition) is 0. The smallest absolute Gasteiger partial charge is 0.0959 e. The van der Waals surface area contributed by atoms with Gasteiger partial charge in [0.15, 0.2) is 0 Å². The summed E-state index contributed by atoms with van der Waals surface area (Å²) < 4.78 is 0. The fourth-order valence-corrected chi connectivity index (χ4v) is 3.32. The first kappa shape index (κ1) is 14.7. The van der Waals surface area contributed by atoms with Gasteiger partial charge in [-0.25, -0.2) is 0 Å². The average Bonchev–Trinajstić information content (AvgIpc) is 2.52. The van der Waals surface area contributed by atoms with Crippen LogP contribution in [-0.4, -0.2) is 6.71 Å². The summed E-state index contributed by atoms with van der Waals surface area (Å²) in [5, 5.41) is 0. The highest BCUT2D eigenvalue weighted by molar-refractivity contribution is 6.87. The van der Waals surface area contributed by atoms with Gasteiger partial charge < -0.3 is 0 Å². The van der Waals surface area contributed by atoms with Crippen molar-refractivity contribution < 1.29 is 0 Å². The predicted molar refractivity (Wildman–Crippen MR) is 98.4 cm³/mol. The monoisotopic (exact) mass is 284 g/mol. The Kier molecular flexibility index (Phi) is 4.15. The summed E-state index contributed by atoms with van der Waals surface area (Å²) >= 11 is 0. The summed E-state index contributed by atoms with van der Waals surface area (Å²) in [7, 11) is 0. The van der Waals surface area contributed by atoms with E-state index in [1.165, 1.54) is 27.6 Å². The van der Waals surface area contributed by atoms with Gasteiger partial charge in [0.2, 0.25) is 6.71 Å². The van der Waals surface area contributed by atoms with Crippen molar-refractivity contribution in [3.8, 4) is 0 Å². The van der Waals surface area contributed by atoms with Gasteiger partial charge in [0, 0.05) is 0 Å². The molecule has 0 saturated carbocycles. The third kappa shape index (κ3) is 2.85. The minimum absolute atomic E-state index is 0.312. The van der Waals surface area contributed by atoms with Crippen molar-refractivity contribution in [2.45, 2.75) is 19.7 Å². The summed E-state index contributed by atoms with van der Waals surface area (Å²) in [5.74, 6) is 0.312. The first-order valence-corrected chi connectivity index (χ1v) is 7.82. The summed E-state index contributed by atoms with van der Waals surface area (Å²) in [6, 6.07) is 19.5. The van der Waals surface area contributed by atoms with Crippen LogP contribution in [-0.2, 0) is 0 Å². The highest BCUT2D eigenvalue weighted by Crippen LogP contribution is 2.29. The van der Waals surface area contributed by atoms with Crippen LogP contribution in [0.4, 0.5) is 0 Å². The zero-order valence-corrected chi connectivity index (χ0v) is 13.3. The highest BCUT2D eigenvalue weighted by Gasteiger charge is 2.30. The van der Waals surface area contributed by atoms with E-state index in [0.29, 0.717) is 12.5 Å². The van der Waals surface area contributed by atoms with Gasteiger partial charge in [0.25, 0.3) is 0 Å². The average molecular weight is 284 g/mol. The third-order valence-electron chi connectivity index (χ3n) is 4.45. The van der Waals surface area contributed by atoms with Crippen molar-refractivity contribution >= 4 is 17.6 Å². The molecule has 1 heteroatoms. The number of hydrogen-bond donors (Lipinski definition) is 0. The van der Waals surface area contributed by atoms with Crippen LogP contribution in [0.3, 0.4) is 0 Å². The molecule has 1 atom stereocenters. The van der Waals surface area contributed by atoms with Gasteiger partial charge in [0.05, 0.1) is 0 Å². The number of rotatable bonds is 3. The Bertz CT molecular complexity index is 738.